The van der Waals surface area contributed by atoms with Gasteiger partial charge in [-0.05, 0) is 30.4 Å². The lowest BCUT2D eigenvalue weighted by atomic mass is 10.0. The number of fused-ring (bicyclic) bond motifs is 1. The maximum Gasteiger partial charge on any atom is 0.237 e. The summed E-state index contributed by atoms with van der Waals surface area (Å²) < 4.78 is 0. The number of aromatic amines is 1. The minimum Gasteiger partial charge on any atom is -0.358 e. The molecular weight excluding hydrogens is 344 g/mol. The van der Waals surface area contributed by atoms with Gasteiger partial charge in [0.1, 0.15) is 5.88 Å². The number of benzene rings is 2. The van der Waals surface area contributed by atoms with Gasteiger partial charge in [-0.2, -0.15) is 0 Å². The van der Waals surface area contributed by atoms with Gasteiger partial charge < -0.3 is 9.88 Å². The highest BCUT2D eigenvalue weighted by molar-refractivity contribution is 6.27. The summed E-state index contributed by atoms with van der Waals surface area (Å²) in [6, 6.07) is 18.8. The van der Waals surface area contributed by atoms with Crippen molar-refractivity contribution in [2.75, 3.05) is 19.0 Å². The highest BCUT2D eigenvalue weighted by Crippen LogP contribution is 2.33. The molecule has 134 valence electrons. The number of hydrogen-bond donors (Lipinski definition) is 1. The van der Waals surface area contributed by atoms with Crippen LogP contribution in [0.4, 0.5) is 0 Å². The molecule has 1 saturated carbocycles. The average Bonchev–Trinajstić information content (AvgIpc) is 3.43. The number of para-hydroxylation sites is 1. The monoisotopic (exact) mass is 366 g/mol. The third-order valence-electron chi connectivity index (χ3n) is 5.12. The first kappa shape index (κ1) is 17.2. The molecule has 0 aliphatic heterocycles. The van der Waals surface area contributed by atoms with Gasteiger partial charge in [0.15, 0.2) is 0 Å². The molecule has 0 unspecified atom stereocenters. The van der Waals surface area contributed by atoms with E-state index in [2.05, 4.69) is 47.4 Å². The maximum atomic E-state index is 12.2. The number of carbonyl (C=O) groups is 1. The second-order valence-corrected chi connectivity index (χ2v) is 7.32. The Bertz CT molecular complexity index is 899. The zero-order chi connectivity index (χ0) is 17.9. The highest BCUT2D eigenvalue weighted by atomic mass is 35.5. The van der Waals surface area contributed by atoms with E-state index >= 15 is 0 Å². The number of halogens is 1. The van der Waals surface area contributed by atoms with Gasteiger partial charge in [-0.15, -0.1) is 11.6 Å². The molecule has 0 bridgehead atoms. The van der Waals surface area contributed by atoms with Crippen molar-refractivity contribution in [3.63, 3.8) is 0 Å². The van der Waals surface area contributed by atoms with Crippen molar-refractivity contribution in [3.8, 4) is 11.1 Å². The second-order valence-electron chi connectivity index (χ2n) is 7.06. The summed E-state index contributed by atoms with van der Waals surface area (Å²) in [5.74, 6) is 0.764. The molecule has 1 aliphatic carbocycles. The smallest absolute Gasteiger partial charge is 0.237 e. The van der Waals surface area contributed by atoms with Crippen LogP contribution in [-0.2, 0) is 11.2 Å². The van der Waals surface area contributed by atoms with Gasteiger partial charge in [0, 0.05) is 41.7 Å². The predicted molar refractivity (Wildman–Crippen MR) is 107 cm³/mol. The van der Waals surface area contributed by atoms with E-state index < -0.39 is 0 Å². The molecule has 1 aromatic heterocycles. The summed E-state index contributed by atoms with van der Waals surface area (Å²) in [5, 5.41) is 1.23. The van der Waals surface area contributed by atoms with Gasteiger partial charge in [-0.1, -0.05) is 48.5 Å². The Morgan fingerprint density at radius 3 is 2.54 bits per heavy atom. The van der Waals surface area contributed by atoms with E-state index in [4.69, 9.17) is 11.6 Å². The van der Waals surface area contributed by atoms with Gasteiger partial charge in [-0.3, -0.25) is 4.79 Å². The minimum absolute atomic E-state index is 0.0379. The van der Waals surface area contributed by atoms with E-state index in [1.165, 1.54) is 35.0 Å². The number of nitrogens with zero attached hydrogens (tertiary/aromatic N) is 1. The summed E-state index contributed by atoms with van der Waals surface area (Å²) in [7, 11) is 0. The lowest BCUT2D eigenvalue weighted by molar-refractivity contribution is -0.128. The lowest BCUT2D eigenvalue weighted by Crippen LogP contribution is -2.35. The van der Waals surface area contributed by atoms with E-state index in [0.29, 0.717) is 12.5 Å². The highest BCUT2D eigenvalue weighted by Gasteiger charge is 2.26. The summed E-state index contributed by atoms with van der Waals surface area (Å²) in [4.78, 5) is 17.7. The standard InChI is InChI=1S/C22H23ClN2O/c23-14-21(26)25(15-16-10-11-16)13-12-20-22(17-6-2-1-3-7-17)18-8-4-5-9-19(18)24-20/h1-9,16,24H,10-15H2. The molecule has 0 radical (unpaired) electrons. The van der Waals surface area contributed by atoms with Crippen molar-refractivity contribution >= 4 is 28.4 Å². The molecule has 1 heterocycles. The molecule has 4 rings (SSSR count). The Morgan fingerprint density at radius 1 is 1.08 bits per heavy atom. The molecule has 1 aliphatic rings. The molecular formula is C22H23ClN2O. The first-order chi connectivity index (χ1) is 12.8. The summed E-state index contributed by atoms with van der Waals surface area (Å²) >= 11 is 5.82. The number of H-pyrrole nitrogens is 1. The number of carbonyl (C=O) groups excluding carboxylic acids is 1. The minimum atomic E-state index is 0.0379. The van der Waals surface area contributed by atoms with E-state index in [9.17, 15) is 4.79 Å². The SMILES string of the molecule is O=C(CCl)N(CCc1[nH]c2ccccc2c1-c1ccccc1)CC1CC1. The quantitative estimate of drug-likeness (QED) is 0.596. The van der Waals surface area contributed by atoms with Crippen LogP contribution in [0.25, 0.3) is 22.0 Å². The van der Waals surface area contributed by atoms with Crippen LogP contribution in [0.1, 0.15) is 18.5 Å². The third-order valence-corrected chi connectivity index (χ3v) is 5.35. The molecule has 0 saturated heterocycles. The largest absolute Gasteiger partial charge is 0.358 e. The molecule has 0 spiro atoms. The molecule has 26 heavy (non-hydrogen) atoms. The van der Waals surface area contributed by atoms with Gasteiger partial charge >= 0.3 is 0 Å². The molecule has 2 aromatic carbocycles. The van der Waals surface area contributed by atoms with Crippen LogP contribution in [0.15, 0.2) is 54.6 Å². The van der Waals surface area contributed by atoms with Gasteiger partial charge in [0.05, 0.1) is 0 Å². The van der Waals surface area contributed by atoms with Crippen LogP contribution in [0.3, 0.4) is 0 Å². The zero-order valence-electron chi connectivity index (χ0n) is 14.7. The Kier molecular flexibility index (Phi) is 4.98. The normalized spacial score (nSPS) is 13.9. The van der Waals surface area contributed by atoms with Crippen molar-refractivity contribution in [2.24, 2.45) is 5.92 Å². The summed E-state index contributed by atoms with van der Waals surface area (Å²) in [6.45, 7) is 1.54. The molecule has 3 aromatic rings. The fourth-order valence-corrected chi connectivity index (χ4v) is 3.75. The lowest BCUT2D eigenvalue weighted by Gasteiger charge is -2.21. The van der Waals surface area contributed by atoms with Crippen molar-refractivity contribution in [2.45, 2.75) is 19.3 Å². The van der Waals surface area contributed by atoms with E-state index in [1.807, 2.05) is 17.0 Å². The van der Waals surface area contributed by atoms with Crippen molar-refractivity contribution in [3.05, 3.63) is 60.3 Å². The van der Waals surface area contributed by atoms with Crippen LogP contribution in [-0.4, -0.2) is 34.8 Å². The van der Waals surface area contributed by atoms with Crippen molar-refractivity contribution in [1.82, 2.24) is 9.88 Å². The summed E-state index contributed by atoms with van der Waals surface area (Å²) in [5.41, 5.74) is 4.77. The predicted octanol–water partition coefficient (Wildman–Crippen LogP) is 4.85. The summed E-state index contributed by atoms with van der Waals surface area (Å²) in [6.07, 6.45) is 3.26. The van der Waals surface area contributed by atoms with Crippen LogP contribution in [0.5, 0.6) is 0 Å². The van der Waals surface area contributed by atoms with E-state index in [0.717, 1.165) is 18.5 Å². The maximum absolute atomic E-state index is 12.2. The van der Waals surface area contributed by atoms with Crippen LogP contribution >= 0.6 is 11.6 Å². The molecule has 3 nitrogen and oxygen atoms in total. The number of hydrogen-bond acceptors (Lipinski definition) is 1. The van der Waals surface area contributed by atoms with Crippen LogP contribution < -0.4 is 0 Å². The zero-order valence-corrected chi connectivity index (χ0v) is 15.5. The fourth-order valence-electron chi connectivity index (χ4n) is 3.58. The van der Waals surface area contributed by atoms with Crippen LogP contribution in [0.2, 0.25) is 0 Å². The number of amides is 1. The van der Waals surface area contributed by atoms with Gasteiger partial charge in [0.2, 0.25) is 5.91 Å². The molecule has 1 fully saturated rings. The van der Waals surface area contributed by atoms with Gasteiger partial charge in [-0.25, -0.2) is 0 Å². The Hall–Kier alpha value is -2.26. The number of rotatable bonds is 7. The van der Waals surface area contributed by atoms with E-state index in [1.54, 1.807) is 0 Å². The van der Waals surface area contributed by atoms with Crippen molar-refractivity contribution in [1.29, 1.82) is 0 Å². The van der Waals surface area contributed by atoms with Crippen LogP contribution in [0, 0.1) is 5.92 Å². The third kappa shape index (κ3) is 3.63. The number of nitrogens with one attached hydrogen (secondary N) is 1. The van der Waals surface area contributed by atoms with E-state index in [-0.39, 0.29) is 11.8 Å². The Balaban J connectivity index is 1.64. The fraction of sp³-hybridized carbons (Fsp3) is 0.318. The number of aromatic nitrogens is 1. The topological polar surface area (TPSA) is 36.1 Å². The Morgan fingerprint density at radius 2 is 1.81 bits per heavy atom. The van der Waals surface area contributed by atoms with Gasteiger partial charge in [0.25, 0.3) is 0 Å². The number of alkyl halides is 1. The van der Waals surface area contributed by atoms with Crippen molar-refractivity contribution < 1.29 is 4.79 Å². The molecule has 0 atom stereocenters. The Labute approximate surface area is 159 Å². The average molecular weight is 367 g/mol. The first-order valence-corrected chi connectivity index (χ1v) is 9.78. The molecule has 1 N–H and O–H groups in total. The first-order valence-electron chi connectivity index (χ1n) is 9.25. The molecule has 4 heteroatoms. The molecule has 1 amide bonds. The second kappa shape index (κ2) is 7.55.